The maximum Gasteiger partial charge on any atom is 0.407 e. The van der Waals surface area contributed by atoms with Gasteiger partial charge in [-0.25, -0.2) is 14.8 Å². The van der Waals surface area contributed by atoms with Crippen LogP contribution in [0.25, 0.3) is 17.0 Å². The van der Waals surface area contributed by atoms with Gasteiger partial charge in [0.2, 0.25) is 0 Å². The molecule has 2 atom stereocenters. The number of anilines is 1. The number of pyridine rings is 1. The number of hydrogen-bond acceptors (Lipinski definition) is 5. The predicted octanol–water partition coefficient (Wildman–Crippen LogP) is 4.07. The number of aryl methyl sites for hydroxylation is 1. The van der Waals surface area contributed by atoms with Gasteiger partial charge in [0.05, 0.1) is 29.8 Å². The highest BCUT2D eigenvalue weighted by molar-refractivity contribution is 5.66. The first kappa shape index (κ1) is 20.1. The largest absolute Gasteiger partial charge is 0.465 e. The Morgan fingerprint density at radius 3 is 2.77 bits per heavy atom. The van der Waals surface area contributed by atoms with Gasteiger partial charge in [-0.05, 0) is 37.3 Å². The molecule has 1 aliphatic heterocycles. The second-order valence-electron chi connectivity index (χ2n) is 8.94. The number of aromatic nitrogens is 4. The molecule has 8 heteroatoms. The molecule has 0 aromatic carbocycles. The van der Waals surface area contributed by atoms with E-state index in [1.54, 1.807) is 17.3 Å². The molecule has 1 saturated heterocycles. The molecule has 0 radical (unpaired) electrons. The van der Waals surface area contributed by atoms with Crippen LogP contribution in [-0.4, -0.2) is 54.1 Å². The third kappa shape index (κ3) is 3.69. The van der Waals surface area contributed by atoms with E-state index in [1.165, 1.54) is 0 Å². The second-order valence-corrected chi connectivity index (χ2v) is 8.94. The first-order valence-electron chi connectivity index (χ1n) is 10.3. The number of fused-ring (bicyclic) bond motifs is 1. The number of likely N-dealkylation sites (tertiary alicyclic amines) is 1. The average molecular weight is 409 g/mol. The number of amides is 1. The van der Waals surface area contributed by atoms with Crippen LogP contribution in [0.15, 0.2) is 36.8 Å². The number of rotatable bonds is 3. The predicted molar refractivity (Wildman–Crippen MR) is 116 cm³/mol. The molecule has 0 spiro atoms. The van der Waals surface area contributed by atoms with E-state index >= 15 is 0 Å². The lowest BCUT2D eigenvalue weighted by Gasteiger charge is -2.47. The third-order valence-electron chi connectivity index (χ3n) is 5.72. The third-order valence-corrected chi connectivity index (χ3v) is 5.72. The molecule has 0 aliphatic carbocycles. The van der Waals surface area contributed by atoms with Crippen LogP contribution in [0.4, 0.5) is 10.6 Å². The summed E-state index contributed by atoms with van der Waals surface area (Å²) in [5, 5.41) is 13.3. The van der Waals surface area contributed by atoms with Gasteiger partial charge in [-0.15, -0.1) is 0 Å². The summed E-state index contributed by atoms with van der Waals surface area (Å²) in [6.45, 7) is 8.72. The molecule has 4 rings (SSSR count). The zero-order valence-electron chi connectivity index (χ0n) is 17.8. The monoisotopic (exact) mass is 408 g/mol. The maximum atomic E-state index is 11.9. The SMILES string of the molecule is Cc1ncc(-c2cnc3ccccn23)nc1N[C@@H]1CCCN(C(=O)O)C1C(C)(C)C. The number of piperidine rings is 1. The van der Waals surface area contributed by atoms with Crippen molar-refractivity contribution in [2.75, 3.05) is 11.9 Å². The van der Waals surface area contributed by atoms with Crippen LogP contribution in [0.1, 0.15) is 39.3 Å². The smallest absolute Gasteiger partial charge is 0.407 e. The topological polar surface area (TPSA) is 95.7 Å². The van der Waals surface area contributed by atoms with Crippen molar-refractivity contribution in [1.29, 1.82) is 0 Å². The molecular formula is C22H28N6O2. The molecule has 1 amide bonds. The van der Waals surface area contributed by atoms with Crippen molar-refractivity contribution in [3.63, 3.8) is 0 Å². The van der Waals surface area contributed by atoms with Crippen molar-refractivity contribution in [2.45, 2.75) is 52.6 Å². The fraction of sp³-hybridized carbons (Fsp3) is 0.455. The van der Waals surface area contributed by atoms with E-state index in [1.807, 2.05) is 35.7 Å². The summed E-state index contributed by atoms with van der Waals surface area (Å²) >= 11 is 0. The van der Waals surface area contributed by atoms with Crippen LogP contribution in [0.5, 0.6) is 0 Å². The number of hydrogen-bond donors (Lipinski definition) is 2. The van der Waals surface area contributed by atoms with Gasteiger partial charge in [-0.3, -0.25) is 9.38 Å². The van der Waals surface area contributed by atoms with E-state index in [4.69, 9.17) is 4.98 Å². The zero-order chi connectivity index (χ0) is 21.5. The lowest BCUT2D eigenvalue weighted by molar-refractivity contribution is 0.0518. The van der Waals surface area contributed by atoms with E-state index in [-0.39, 0.29) is 17.5 Å². The standard InChI is InChI=1S/C22H28N6O2/c1-14-20(25-15-8-7-11-28(21(29)30)19(15)22(2,3)4)26-16(12-23-14)17-13-24-18-9-5-6-10-27(17)18/h5-6,9-10,12-13,15,19H,7-8,11H2,1-4H3,(H,25,26)(H,29,30)/t15-,19?/m1/s1. The highest BCUT2D eigenvalue weighted by Gasteiger charge is 2.42. The van der Waals surface area contributed by atoms with Gasteiger partial charge in [-0.1, -0.05) is 26.8 Å². The maximum absolute atomic E-state index is 11.9. The van der Waals surface area contributed by atoms with E-state index in [9.17, 15) is 9.90 Å². The number of carbonyl (C=O) groups is 1. The van der Waals surface area contributed by atoms with Gasteiger partial charge in [0.15, 0.2) is 0 Å². The molecule has 1 unspecified atom stereocenters. The Kier molecular flexibility index (Phi) is 5.09. The minimum absolute atomic E-state index is 0.0414. The van der Waals surface area contributed by atoms with Crippen molar-refractivity contribution in [2.24, 2.45) is 5.41 Å². The van der Waals surface area contributed by atoms with Gasteiger partial charge < -0.3 is 15.3 Å². The first-order chi connectivity index (χ1) is 14.3. The summed E-state index contributed by atoms with van der Waals surface area (Å²) in [6, 6.07) is 5.64. The molecular weight excluding hydrogens is 380 g/mol. The van der Waals surface area contributed by atoms with Gasteiger partial charge in [0.25, 0.3) is 0 Å². The highest BCUT2D eigenvalue weighted by Crippen LogP contribution is 2.34. The van der Waals surface area contributed by atoms with Crippen LogP contribution in [0.2, 0.25) is 0 Å². The van der Waals surface area contributed by atoms with Crippen LogP contribution in [0.3, 0.4) is 0 Å². The van der Waals surface area contributed by atoms with Crippen LogP contribution in [0, 0.1) is 12.3 Å². The Morgan fingerprint density at radius 1 is 1.23 bits per heavy atom. The second kappa shape index (κ2) is 7.59. The van der Waals surface area contributed by atoms with E-state index < -0.39 is 6.09 Å². The van der Waals surface area contributed by atoms with Crippen molar-refractivity contribution < 1.29 is 9.90 Å². The van der Waals surface area contributed by atoms with Gasteiger partial charge in [0, 0.05) is 18.8 Å². The zero-order valence-corrected chi connectivity index (χ0v) is 17.8. The first-order valence-corrected chi connectivity index (χ1v) is 10.3. The normalized spacial score (nSPS) is 19.8. The Morgan fingerprint density at radius 2 is 2.03 bits per heavy atom. The van der Waals surface area contributed by atoms with Crippen molar-refractivity contribution in [3.05, 3.63) is 42.5 Å². The van der Waals surface area contributed by atoms with Gasteiger partial charge in [-0.2, -0.15) is 0 Å². The van der Waals surface area contributed by atoms with E-state index in [0.717, 1.165) is 35.6 Å². The highest BCUT2D eigenvalue weighted by atomic mass is 16.4. The Labute approximate surface area is 176 Å². The average Bonchev–Trinajstić information content (AvgIpc) is 3.13. The van der Waals surface area contributed by atoms with Crippen molar-refractivity contribution in [3.8, 4) is 11.4 Å². The summed E-state index contributed by atoms with van der Waals surface area (Å²) < 4.78 is 1.98. The Hall–Kier alpha value is -3.16. The summed E-state index contributed by atoms with van der Waals surface area (Å²) in [5.41, 5.74) is 3.01. The summed E-state index contributed by atoms with van der Waals surface area (Å²) in [6.07, 6.45) is 6.33. The summed E-state index contributed by atoms with van der Waals surface area (Å²) in [4.78, 5) is 27.3. The quantitative estimate of drug-likeness (QED) is 0.678. The van der Waals surface area contributed by atoms with Crippen LogP contribution < -0.4 is 5.32 Å². The molecule has 30 heavy (non-hydrogen) atoms. The molecule has 3 aromatic rings. The Balaban J connectivity index is 1.69. The minimum Gasteiger partial charge on any atom is -0.465 e. The van der Waals surface area contributed by atoms with E-state index in [2.05, 4.69) is 36.1 Å². The molecule has 0 bridgehead atoms. The van der Waals surface area contributed by atoms with Crippen LogP contribution in [-0.2, 0) is 0 Å². The lowest BCUT2D eigenvalue weighted by Crippen LogP contribution is -2.58. The lowest BCUT2D eigenvalue weighted by atomic mass is 9.77. The Bertz CT molecular complexity index is 1070. The fourth-order valence-corrected chi connectivity index (χ4v) is 4.44. The molecule has 4 heterocycles. The molecule has 158 valence electrons. The number of carboxylic acid groups (broad SMARTS) is 1. The fourth-order valence-electron chi connectivity index (χ4n) is 4.44. The molecule has 1 fully saturated rings. The molecule has 3 aromatic heterocycles. The summed E-state index contributed by atoms with van der Waals surface area (Å²) in [7, 11) is 0. The van der Waals surface area contributed by atoms with Gasteiger partial charge in [0.1, 0.15) is 17.2 Å². The molecule has 2 N–H and O–H groups in total. The van der Waals surface area contributed by atoms with Crippen molar-refractivity contribution >= 4 is 17.6 Å². The number of imidazole rings is 1. The summed E-state index contributed by atoms with van der Waals surface area (Å²) in [5.74, 6) is 0.685. The number of nitrogens with zero attached hydrogens (tertiary/aromatic N) is 5. The van der Waals surface area contributed by atoms with Gasteiger partial charge >= 0.3 is 6.09 Å². The van der Waals surface area contributed by atoms with Crippen LogP contribution >= 0.6 is 0 Å². The molecule has 1 aliphatic rings. The minimum atomic E-state index is -0.872. The van der Waals surface area contributed by atoms with E-state index in [0.29, 0.717) is 12.4 Å². The number of nitrogens with one attached hydrogen (secondary N) is 1. The molecule has 8 nitrogen and oxygen atoms in total. The van der Waals surface area contributed by atoms with Crippen molar-refractivity contribution in [1.82, 2.24) is 24.3 Å². The molecule has 0 saturated carbocycles.